The molecule has 3 unspecified atom stereocenters. The standard InChI is InChI=1S/C5H9NO2.C4H9NO3.C3H8NO6P/c7-5(8)4-2-1-3-6-4;1-2(6)3(5)4(7)8;4-2(3(5)6)1-10-11(7,8)9/h4,6H,1-3H2,(H,7,8);2-3,6H,5H2,1H3,(H,7,8);2H,1,4H2,(H,5,6)(H2,7,8,9)/t4-;;/m0../s1. The molecule has 1 heterocycles. The summed E-state index contributed by atoms with van der Waals surface area (Å²) in [4.78, 5) is 46.1. The highest BCUT2D eigenvalue weighted by Crippen LogP contribution is 2.35. The number of rotatable bonds is 7. The molecular weight excluding hydrogens is 393 g/mol. The molecule has 1 aliphatic heterocycles. The molecule has 1 fully saturated rings. The van der Waals surface area contributed by atoms with Gasteiger partial charge in [-0.05, 0) is 26.3 Å². The number of nitrogens with two attached hydrogens (primary N) is 2. The molecule has 0 saturated carbocycles. The lowest BCUT2D eigenvalue weighted by molar-refractivity contribution is -0.141. The van der Waals surface area contributed by atoms with E-state index < -0.39 is 50.5 Å². The first kappa shape index (κ1) is 27.6. The van der Waals surface area contributed by atoms with E-state index in [2.05, 4.69) is 9.84 Å². The maximum Gasteiger partial charge on any atom is 0.469 e. The summed E-state index contributed by atoms with van der Waals surface area (Å²) in [6, 6.07) is -2.84. The Morgan fingerprint density at radius 2 is 1.70 bits per heavy atom. The topological polar surface area (TPSA) is 263 Å². The van der Waals surface area contributed by atoms with E-state index in [1.54, 1.807) is 0 Å². The lowest BCUT2D eigenvalue weighted by Gasteiger charge is -2.07. The van der Waals surface area contributed by atoms with E-state index in [0.29, 0.717) is 0 Å². The second-order valence-electron chi connectivity index (χ2n) is 5.32. The van der Waals surface area contributed by atoms with Crippen LogP contribution in [0.5, 0.6) is 0 Å². The number of carbonyl (C=O) groups is 3. The number of aliphatic hydroxyl groups is 1. The van der Waals surface area contributed by atoms with Gasteiger partial charge in [0, 0.05) is 0 Å². The van der Waals surface area contributed by atoms with Gasteiger partial charge in [0.1, 0.15) is 18.1 Å². The largest absolute Gasteiger partial charge is 0.480 e. The van der Waals surface area contributed by atoms with Gasteiger partial charge in [0.25, 0.3) is 0 Å². The fraction of sp³-hybridized carbons (Fsp3) is 0.750. The van der Waals surface area contributed by atoms with Gasteiger partial charge in [0.05, 0.1) is 12.7 Å². The van der Waals surface area contributed by atoms with Gasteiger partial charge in [-0.1, -0.05) is 0 Å². The quantitative estimate of drug-likeness (QED) is 0.188. The number of carboxylic acids is 3. The van der Waals surface area contributed by atoms with Crippen LogP contribution < -0.4 is 16.8 Å². The molecule has 160 valence electrons. The van der Waals surface area contributed by atoms with Gasteiger partial charge < -0.3 is 47.0 Å². The molecule has 11 N–H and O–H groups in total. The molecule has 4 atom stereocenters. The average Bonchev–Trinajstić information content (AvgIpc) is 3.06. The summed E-state index contributed by atoms with van der Waals surface area (Å²) in [5, 5.41) is 35.9. The Bertz CT molecular complexity index is 507. The van der Waals surface area contributed by atoms with Crippen molar-refractivity contribution in [2.45, 2.75) is 44.0 Å². The highest BCUT2D eigenvalue weighted by molar-refractivity contribution is 7.46. The second-order valence-corrected chi connectivity index (χ2v) is 6.56. The Morgan fingerprint density at radius 1 is 1.19 bits per heavy atom. The molecule has 0 spiro atoms. The van der Waals surface area contributed by atoms with Gasteiger partial charge in [-0.25, -0.2) is 4.57 Å². The predicted octanol–water partition coefficient (Wildman–Crippen LogP) is -2.89. The van der Waals surface area contributed by atoms with E-state index >= 15 is 0 Å². The van der Waals surface area contributed by atoms with Crippen molar-refractivity contribution < 1.29 is 53.7 Å². The Kier molecular flexibility index (Phi) is 13.8. The summed E-state index contributed by atoms with van der Waals surface area (Å²) in [6.07, 6.45) is 0.805. The average molecular weight is 419 g/mol. The smallest absolute Gasteiger partial charge is 0.469 e. The molecule has 1 saturated heterocycles. The monoisotopic (exact) mass is 419 g/mol. The van der Waals surface area contributed by atoms with E-state index in [-0.39, 0.29) is 6.04 Å². The third-order valence-electron chi connectivity index (χ3n) is 2.90. The SMILES string of the molecule is CC(O)C(N)C(=O)O.NC(COP(=O)(O)O)C(=O)O.O=C(O)[C@@H]1CCCN1. The fourth-order valence-corrected chi connectivity index (χ4v) is 1.71. The second kappa shape index (κ2) is 13.5. The molecule has 0 amide bonds. The van der Waals surface area contributed by atoms with Crippen LogP contribution in [-0.2, 0) is 23.5 Å². The number of hydrogen-bond acceptors (Lipinski definition) is 9. The predicted molar refractivity (Wildman–Crippen MR) is 89.6 cm³/mol. The van der Waals surface area contributed by atoms with Gasteiger partial charge >= 0.3 is 25.7 Å². The van der Waals surface area contributed by atoms with Crippen molar-refractivity contribution in [3.05, 3.63) is 0 Å². The first-order chi connectivity index (χ1) is 12.2. The fourth-order valence-electron chi connectivity index (χ4n) is 1.35. The summed E-state index contributed by atoms with van der Waals surface area (Å²) in [5.74, 6) is -3.28. The summed E-state index contributed by atoms with van der Waals surface area (Å²) < 4.78 is 13.8. The van der Waals surface area contributed by atoms with Gasteiger partial charge in [-0.2, -0.15) is 0 Å². The first-order valence-electron chi connectivity index (χ1n) is 7.50. The Balaban J connectivity index is 0. The highest BCUT2D eigenvalue weighted by atomic mass is 31.2. The lowest BCUT2D eigenvalue weighted by atomic mass is 10.2. The number of phosphoric acid groups is 1. The molecule has 1 aliphatic rings. The van der Waals surface area contributed by atoms with E-state index in [9.17, 15) is 18.9 Å². The molecular formula is C12H26N3O11P. The minimum Gasteiger partial charge on any atom is -0.480 e. The molecule has 27 heavy (non-hydrogen) atoms. The molecule has 0 aromatic heterocycles. The van der Waals surface area contributed by atoms with Gasteiger partial charge in [-0.3, -0.25) is 18.9 Å². The Labute approximate surface area is 154 Å². The number of hydrogen-bond donors (Lipinski definition) is 9. The van der Waals surface area contributed by atoms with E-state index in [4.69, 9.17) is 41.7 Å². The normalized spacial score (nSPS) is 19.4. The maximum atomic E-state index is 10.1. The van der Waals surface area contributed by atoms with Gasteiger partial charge in [0.2, 0.25) is 0 Å². The molecule has 0 aromatic carbocycles. The molecule has 0 bridgehead atoms. The van der Waals surface area contributed by atoms with Crippen molar-refractivity contribution in [2.75, 3.05) is 13.2 Å². The third kappa shape index (κ3) is 16.3. The lowest BCUT2D eigenvalue weighted by Crippen LogP contribution is -2.39. The highest BCUT2D eigenvalue weighted by Gasteiger charge is 2.20. The molecule has 14 nitrogen and oxygen atoms in total. The number of aliphatic carboxylic acids is 3. The minimum atomic E-state index is -4.60. The molecule has 0 aromatic rings. The Hall–Kier alpha value is -1.64. The van der Waals surface area contributed by atoms with E-state index in [1.807, 2.05) is 0 Å². The van der Waals surface area contributed by atoms with Crippen molar-refractivity contribution in [3.8, 4) is 0 Å². The van der Waals surface area contributed by atoms with Crippen LogP contribution in [0.1, 0.15) is 19.8 Å². The molecule has 15 heteroatoms. The van der Waals surface area contributed by atoms with Crippen molar-refractivity contribution >= 4 is 25.7 Å². The zero-order valence-corrected chi connectivity index (χ0v) is 15.4. The van der Waals surface area contributed by atoms with E-state index in [1.165, 1.54) is 6.92 Å². The summed E-state index contributed by atoms with van der Waals surface area (Å²) >= 11 is 0. The minimum absolute atomic E-state index is 0.269. The number of aliphatic hydroxyl groups excluding tert-OH is 1. The van der Waals surface area contributed by atoms with Crippen LogP contribution in [0.2, 0.25) is 0 Å². The van der Waals surface area contributed by atoms with Crippen LogP contribution in [0.15, 0.2) is 0 Å². The Morgan fingerprint density at radius 3 is 1.89 bits per heavy atom. The van der Waals surface area contributed by atoms with E-state index in [0.717, 1.165) is 19.4 Å². The van der Waals surface area contributed by atoms with Crippen molar-refractivity contribution in [1.29, 1.82) is 0 Å². The number of nitrogens with one attached hydrogen (secondary N) is 1. The number of carboxylic acid groups (broad SMARTS) is 3. The first-order valence-corrected chi connectivity index (χ1v) is 9.03. The summed E-state index contributed by atoms with van der Waals surface area (Å²) in [6.45, 7) is 1.48. The summed E-state index contributed by atoms with van der Waals surface area (Å²) in [7, 11) is -4.60. The van der Waals surface area contributed by atoms with Crippen molar-refractivity contribution in [2.24, 2.45) is 11.5 Å². The van der Waals surface area contributed by atoms with Crippen LogP contribution in [0.3, 0.4) is 0 Å². The van der Waals surface area contributed by atoms with Crippen molar-refractivity contribution in [3.63, 3.8) is 0 Å². The maximum absolute atomic E-state index is 10.1. The van der Waals surface area contributed by atoms with Crippen LogP contribution in [0.25, 0.3) is 0 Å². The summed E-state index contributed by atoms with van der Waals surface area (Å²) in [5.41, 5.74) is 9.77. The number of phosphoric ester groups is 1. The molecule has 0 aliphatic carbocycles. The van der Waals surface area contributed by atoms with Crippen LogP contribution in [0.4, 0.5) is 0 Å². The van der Waals surface area contributed by atoms with Gasteiger partial charge in [0.15, 0.2) is 0 Å². The van der Waals surface area contributed by atoms with Crippen molar-refractivity contribution in [1.82, 2.24) is 5.32 Å². The molecule has 0 radical (unpaired) electrons. The van der Waals surface area contributed by atoms with Crippen LogP contribution in [-0.4, -0.2) is 85.5 Å². The zero-order valence-electron chi connectivity index (χ0n) is 14.5. The third-order valence-corrected chi connectivity index (χ3v) is 3.39. The zero-order chi connectivity index (χ0) is 21.8. The van der Waals surface area contributed by atoms with Gasteiger partial charge in [-0.15, -0.1) is 0 Å². The van der Waals surface area contributed by atoms with Crippen LogP contribution in [0, 0.1) is 0 Å². The molecule has 1 rings (SSSR count). The van der Waals surface area contributed by atoms with Crippen LogP contribution >= 0.6 is 7.82 Å².